The van der Waals surface area contributed by atoms with Crippen molar-refractivity contribution < 1.29 is 4.79 Å². The molecule has 0 radical (unpaired) electrons. The standard InChI is InChI=1S/C15H24N4O/c1-18-14(5-8-17-18)11-6-9-19(10-7-11)15(20)12-3-2-4-13(12)16/h5,8,11-13H,2-4,6-7,9-10,16H2,1H3/t12-,13+/m1/s1. The Morgan fingerprint density at radius 1 is 1.30 bits per heavy atom. The molecule has 0 aromatic carbocycles. The zero-order valence-corrected chi connectivity index (χ0v) is 12.2. The first kappa shape index (κ1) is 13.6. The molecule has 2 heterocycles. The molecule has 0 unspecified atom stereocenters. The van der Waals surface area contributed by atoms with Gasteiger partial charge in [0.05, 0.1) is 5.92 Å². The Labute approximate surface area is 120 Å². The van der Waals surface area contributed by atoms with Gasteiger partial charge in [-0.05, 0) is 31.7 Å². The number of hydrogen-bond donors (Lipinski definition) is 1. The maximum atomic E-state index is 12.5. The highest BCUT2D eigenvalue weighted by Gasteiger charge is 2.35. The van der Waals surface area contributed by atoms with Crippen LogP contribution in [0, 0.1) is 5.92 Å². The summed E-state index contributed by atoms with van der Waals surface area (Å²) in [6.45, 7) is 1.72. The molecule has 1 amide bonds. The van der Waals surface area contributed by atoms with Gasteiger partial charge in [-0.2, -0.15) is 5.10 Å². The topological polar surface area (TPSA) is 64.2 Å². The van der Waals surface area contributed by atoms with E-state index in [2.05, 4.69) is 11.2 Å². The molecule has 5 nitrogen and oxygen atoms in total. The largest absolute Gasteiger partial charge is 0.342 e. The normalized spacial score (nSPS) is 28.0. The van der Waals surface area contributed by atoms with Crippen LogP contribution in [0.15, 0.2) is 12.3 Å². The van der Waals surface area contributed by atoms with Crippen LogP contribution < -0.4 is 5.73 Å². The van der Waals surface area contributed by atoms with E-state index in [1.54, 1.807) is 0 Å². The van der Waals surface area contributed by atoms with Crippen molar-refractivity contribution >= 4 is 5.91 Å². The minimum Gasteiger partial charge on any atom is -0.342 e. The third-order valence-electron chi connectivity index (χ3n) is 4.97. The van der Waals surface area contributed by atoms with Gasteiger partial charge in [-0.25, -0.2) is 0 Å². The van der Waals surface area contributed by atoms with Crippen molar-refractivity contribution in [3.05, 3.63) is 18.0 Å². The molecular formula is C15H24N4O. The van der Waals surface area contributed by atoms with Gasteiger partial charge in [0.1, 0.15) is 0 Å². The molecule has 0 spiro atoms. The molecule has 20 heavy (non-hydrogen) atoms. The second-order valence-electron chi connectivity index (χ2n) is 6.18. The van der Waals surface area contributed by atoms with Crippen LogP contribution in [0.4, 0.5) is 0 Å². The smallest absolute Gasteiger partial charge is 0.227 e. The number of rotatable bonds is 2. The predicted octanol–water partition coefficient (Wildman–Crippen LogP) is 1.25. The fraction of sp³-hybridized carbons (Fsp3) is 0.733. The maximum absolute atomic E-state index is 12.5. The lowest BCUT2D eigenvalue weighted by atomic mass is 9.92. The number of piperidine rings is 1. The average molecular weight is 276 g/mol. The zero-order valence-electron chi connectivity index (χ0n) is 12.2. The van der Waals surface area contributed by atoms with Crippen molar-refractivity contribution in [2.45, 2.75) is 44.1 Å². The Balaban J connectivity index is 1.58. The highest BCUT2D eigenvalue weighted by molar-refractivity contribution is 5.80. The second kappa shape index (κ2) is 5.56. The molecule has 1 saturated carbocycles. The van der Waals surface area contributed by atoms with Gasteiger partial charge < -0.3 is 10.6 Å². The lowest BCUT2D eigenvalue weighted by Crippen LogP contribution is -2.45. The first-order valence-corrected chi connectivity index (χ1v) is 7.69. The van der Waals surface area contributed by atoms with E-state index >= 15 is 0 Å². The Bertz CT molecular complexity index is 476. The van der Waals surface area contributed by atoms with Gasteiger partial charge in [0.25, 0.3) is 0 Å². The predicted molar refractivity (Wildman–Crippen MR) is 77.1 cm³/mol. The van der Waals surface area contributed by atoms with Gasteiger partial charge in [0.15, 0.2) is 0 Å². The van der Waals surface area contributed by atoms with Crippen molar-refractivity contribution in [1.82, 2.24) is 14.7 Å². The summed E-state index contributed by atoms with van der Waals surface area (Å²) in [5, 5.41) is 4.24. The third-order valence-corrected chi connectivity index (χ3v) is 4.97. The minimum atomic E-state index is 0.0725. The highest BCUT2D eigenvalue weighted by atomic mass is 16.2. The number of aromatic nitrogens is 2. The van der Waals surface area contributed by atoms with Crippen LogP contribution in [0.2, 0.25) is 0 Å². The van der Waals surface area contributed by atoms with Crippen LogP contribution in [-0.2, 0) is 11.8 Å². The summed E-state index contributed by atoms with van der Waals surface area (Å²) in [7, 11) is 1.99. The fourth-order valence-electron chi connectivity index (χ4n) is 3.71. The molecule has 1 saturated heterocycles. The van der Waals surface area contributed by atoms with Crippen LogP contribution in [0.5, 0.6) is 0 Å². The van der Waals surface area contributed by atoms with Crippen molar-refractivity contribution in [2.24, 2.45) is 18.7 Å². The zero-order chi connectivity index (χ0) is 14.1. The lowest BCUT2D eigenvalue weighted by molar-refractivity contribution is -0.136. The van der Waals surface area contributed by atoms with E-state index in [1.165, 1.54) is 5.69 Å². The number of carbonyl (C=O) groups excluding carboxylic acids is 1. The van der Waals surface area contributed by atoms with Crippen LogP contribution in [0.3, 0.4) is 0 Å². The summed E-state index contributed by atoms with van der Waals surface area (Å²) < 4.78 is 1.95. The first-order chi connectivity index (χ1) is 9.66. The minimum absolute atomic E-state index is 0.0725. The molecule has 2 N–H and O–H groups in total. The number of carbonyl (C=O) groups is 1. The SMILES string of the molecule is Cn1nccc1C1CCN(C(=O)[C@@H]2CCC[C@@H]2N)CC1. The number of hydrogen-bond acceptors (Lipinski definition) is 3. The monoisotopic (exact) mass is 276 g/mol. The van der Waals surface area contributed by atoms with Gasteiger partial charge in [0, 0.05) is 44.0 Å². The number of nitrogens with zero attached hydrogens (tertiary/aromatic N) is 3. The summed E-state index contributed by atoms with van der Waals surface area (Å²) in [6, 6.07) is 2.17. The van der Waals surface area contributed by atoms with Gasteiger partial charge in [0.2, 0.25) is 5.91 Å². The molecule has 2 aliphatic rings. The molecule has 1 aromatic heterocycles. The molecule has 0 bridgehead atoms. The van der Waals surface area contributed by atoms with E-state index in [0.717, 1.165) is 45.2 Å². The molecule has 2 atom stereocenters. The number of aryl methyl sites for hydroxylation is 1. The van der Waals surface area contributed by atoms with Crippen LogP contribution in [-0.4, -0.2) is 39.7 Å². The summed E-state index contributed by atoms with van der Waals surface area (Å²) >= 11 is 0. The lowest BCUT2D eigenvalue weighted by Gasteiger charge is -2.34. The Kier molecular flexibility index (Phi) is 3.78. The van der Waals surface area contributed by atoms with Crippen molar-refractivity contribution in [2.75, 3.05) is 13.1 Å². The maximum Gasteiger partial charge on any atom is 0.227 e. The first-order valence-electron chi connectivity index (χ1n) is 7.69. The van der Waals surface area contributed by atoms with Crippen molar-refractivity contribution in [1.29, 1.82) is 0 Å². The number of likely N-dealkylation sites (tertiary alicyclic amines) is 1. The van der Waals surface area contributed by atoms with E-state index in [-0.39, 0.29) is 12.0 Å². The Hall–Kier alpha value is -1.36. The summed E-state index contributed by atoms with van der Waals surface area (Å²) in [5.41, 5.74) is 7.34. The van der Waals surface area contributed by atoms with Gasteiger partial charge in [-0.15, -0.1) is 0 Å². The number of amides is 1. The summed E-state index contributed by atoms with van der Waals surface area (Å²) in [4.78, 5) is 14.5. The highest BCUT2D eigenvalue weighted by Crippen LogP contribution is 2.31. The molecule has 1 aromatic rings. The van der Waals surface area contributed by atoms with Gasteiger partial charge >= 0.3 is 0 Å². The quantitative estimate of drug-likeness (QED) is 0.884. The van der Waals surface area contributed by atoms with Crippen molar-refractivity contribution in [3.63, 3.8) is 0 Å². The third kappa shape index (κ3) is 2.46. The number of nitrogens with two attached hydrogens (primary N) is 1. The average Bonchev–Trinajstić information content (AvgIpc) is 3.07. The van der Waals surface area contributed by atoms with Gasteiger partial charge in [-0.3, -0.25) is 9.48 Å². The van der Waals surface area contributed by atoms with Crippen molar-refractivity contribution in [3.8, 4) is 0 Å². The fourth-order valence-corrected chi connectivity index (χ4v) is 3.71. The molecule has 5 heteroatoms. The molecular weight excluding hydrogens is 252 g/mol. The Morgan fingerprint density at radius 2 is 2.05 bits per heavy atom. The van der Waals surface area contributed by atoms with E-state index in [4.69, 9.17) is 5.73 Å². The van der Waals surface area contributed by atoms with E-state index in [0.29, 0.717) is 11.8 Å². The van der Waals surface area contributed by atoms with E-state index in [9.17, 15) is 4.79 Å². The Morgan fingerprint density at radius 3 is 2.60 bits per heavy atom. The van der Waals surface area contributed by atoms with E-state index < -0.39 is 0 Å². The van der Waals surface area contributed by atoms with E-state index in [1.807, 2.05) is 22.8 Å². The molecule has 2 fully saturated rings. The van der Waals surface area contributed by atoms with Crippen LogP contribution >= 0.6 is 0 Å². The van der Waals surface area contributed by atoms with Crippen LogP contribution in [0.1, 0.15) is 43.7 Å². The van der Waals surface area contributed by atoms with Crippen LogP contribution in [0.25, 0.3) is 0 Å². The molecule has 1 aliphatic carbocycles. The molecule has 3 rings (SSSR count). The second-order valence-corrected chi connectivity index (χ2v) is 6.18. The van der Waals surface area contributed by atoms with Gasteiger partial charge in [-0.1, -0.05) is 6.42 Å². The molecule has 110 valence electrons. The summed E-state index contributed by atoms with van der Waals surface area (Å²) in [6.07, 6.45) is 7.00. The summed E-state index contributed by atoms with van der Waals surface area (Å²) in [5.74, 6) is 0.894. The molecule has 1 aliphatic heterocycles.